The fourth-order valence-corrected chi connectivity index (χ4v) is 2.16. The average molecular weight is 206 g/mol. The molecule has 0 unspecified atom stereocenters. The fraction of sp³-hybridized carbons (Fsp3) is 0.417. The molecule has 0 aliphatic heterocycles. The molecular formula is C12H14O3. The molecule has 0 saturated heterocycles. The summed E-state index contributed by atoms with van der Waals surface area (Å²) in [6, 6.07) is 5.69. The van der Waals surface area contributed by atoms with Gasteiger partial charge in [0, 0.05) is 0 Å². The van der Waals surface area contributed by atoms with Crippen molar-refractivity contribution in [3.63, 3.8) is 0 Å². The van der Waals surface area contributed by atoms with E-state index >= 15 is 0 Å². The fourth-order valence-electron chi connectivity index (χ4n) is 2.16. The molecule has 0 spiro atoms. The van der Waals surface area contributed by atoms with Crippen molar-refractivity contribution in [1.29, 1.82) is 0 Å². The summed E-state index contributed by atoms with van der Waals surface area (Å²) < 4.78 is 5.12. The summed E-state index contributed by atoms with van der Waals surface area (Å²) in [5, 5.41) is 9.24. The topological polar surface area (TPSA) is 46.5 Å². The molecule has 15 heavy (non-hydrogen) atoms. The van der Waals surface area contributed by atoms with Crippen molar-refractivity contribution >= 4 is 5.97 Å². The molecule has 1 aromatic rings. The lowest BCUT2D eigenvalue weighted by Gasteiger charge is -2.19. The second kappa shape index (κ2) is 3.26. The first-order valence-electron chi connectivity index (χ1n) is 4.99. The van der Waals surface area contributed by atoms with Crippen molar-refractivity contribution in [2.75, 3.05) is 7.11 Å². The Labute approximate surface area is 88.7 Å². The lowest BCUT2D eigenvalue weighted by Crippen LogP contribution is -2.29. The van der Waals surface area contributed by atoms with E-state index in [-0.39, 0.29) is 0 Å². The first kappa shape index (κ1) is 10.0. The summed E-state index contributed by atoms with van der Waals surface area (Å²) in [7, 11) is 1.59. The third-order valence-corrected chi connectivity index (χ3v) is 3.28. The van der Waals surface area contributed by atoms with Gasteiger partial charge in [0.2, 0.25) is 0 Å². The van der Waals surface area contributed by atoms with Crippen LogP contribution in [0, 0.1) is 0 Å². The van der Waals surface area contributed by atoms with Crippen LogP contribution in [0.5, 0.6) is 5.75 Å². The number of rotatable bonds is 2. The summed E-state index contributed by atoms with van der Waals surface area (Å²) in [5.74, 6) is -0.0300. The second-order valence-corrected chi connectivity index (χ2v) is 4.16. The van der Waals surface area contributed by atoms with Crippen LogP contribution in [0.1, 0.15) is 24.5 Å². The lowest BCUT2D eigenvalue weighted by molar-refractivity contribution is -0.143. The van der Waals surface area contributed by atoms with Gasteiger partial charge in [-0.3, -0.25) is 4.79 Å². The Hall–Kier alpha value is -1.51. The van der Waals surface area contributed by atoms with Crippen LogP contribution in [0.15, 0.2) is 18.2 Å². The molecule has 0 heterocycles. The molecule has 1 aromatic carbocycles. The summed E-state index contributed by atoms with van der Waals surface area (Å²) in [5.41, 5.74) is 1.28. The van der Waals surface area contributed by atoms with Crippen LogP contribution in [0.3, 0.4) is 0 Å². The van der Waals surface area contributed by atoms with Crippen LogP contribution in [-0.4, -0.2) is 18.2 Å². The molecule has 0 fully saturated rings. The summed E-state index contributed by atoms with van der Waals surface area (Å²) in [6.45, 7) is 1.78. The maximum atomic E-state index is 11.2. The Balaban J connectivity index is 2.53. The van der Waals surface area contributed by atoms with Crippen molar-refractivity contribution < 1.29 is 14.6 Å². The third-order valence-electron chi connectivity index (χ3n) is 3.28. The summed E-state index contributed by atoms with van der Waals surface area (Å²) in [4.78, 5) is 11.2. The lowest BCUT2D eigenvalue weighted by atomic mass is 9.84. The smallest absolute Gasteiger partial charge is 0.313 e. The molecule has 0 bridgehead atoms. The van der Waals surface area contributed by atoms with Gasteiger partial charge < -0.3 is 9.84 Å². The van der Waals surface area contributed by atoms with E-state index in [1.807, 2.05) is 18.2 Å². The van der Waals surface area contributed by atoms with Crippen molar-refractivity contribution in [3.05, 3.63) is 29.3 Å². The zero-order valence-corrected chi connectivity index (χ0v) is 8.91. The minimum Gasteiger partial charge on any atom is -0.497 e. The molecule has 0 amide bonds. The van der Waals surface area contributed by atoms with Crippen LogP contribution in [-0.2, 0) is 16.6 Å². The monoisotopic (exact) mass is 206 g/mol. The number of fused-ring (bicyclic) bond motifs is 1. The van der Waals surface area contributed by atoms with Gasteiger partial charge in [0.05, 0.1) is 12.5 Å². The normalized spacial score (nSPS) is 23.6. The maximum Gasteiger partial charge on any atom is 0.313 e. The first-order chi connectivity index (χ1) is 7.08. The predicted octanol–water partition coefficient (Wildman–Crippen LogP) is 1.98. The number of methoxy groups -OCH3 is 1. The van der Waals surface area contributed by atoms with E-state index in [1.165, 1.54) is 0 Å². The van der Waals surface area contributed by atoms with Gasteiger partial charge in [-0.2, -0.15) is 0 Å². The Kier molecular flexibility index (Phi) is 2.18. The van der Waals surface area contributed by atoms with E-state index < -0.39 is 11.4 Å². The number of hydrogen-bond donors (Lipinski definition) is 1. The Morgan fingerprint density at radius 3 is 2.87 bits per heavy atom. The number of carboxylic acid groups (broad SMARTS) is 1. The van der Waals surface area contributed by atoms with E-state index in [2.05, 4.69) is 0 Å². The largest absolute Gasteiger partial charge is 0.497 e. The van der Waals surface area contributed by atoms with E-state index in [0.717, 1.165) is 23.3 Å². The molecule has 80 valence electrons. The van der Waals surface area contributed by atoms with E-state index in [1.54, 1.807) is 14.0 Å². The molecule has 1 aliphatic carbocycles. The molecular weight excluding hydrogens is 192 g/mol. The van der Waals surface area contributed by atoms with E-state index in [0.29, 0.717) is 6.42 Å². The highest BCUT2D eigenvalue weighted by atomic mass is 16.5. The van der Waals surface area contributed by atoms with Crippen LogP contribution in [0.4, 0.5) is 0 Å². The van der Waals surface area contributed by atoms with Gasteiger partial charge in [0.25, 0.3) is 0 Å². The van der Waals surface area contributed by atoms with Crippen molar-refractivity contribution in [1.82, 2.24) is 0 Å². The second-order valence-electron chi connectivity index (χ2n) is 4.16. The van der Waals surface area contributed by atoms with Crippen molar-refractivity contribution in [2.45, 2.75) is 25.2 Å². The molecule has 1 aliphatic rings. The summed E-state index contributed by atoms with van der Waals surface area (Å²) in [6.07, 6.45) is 1.51. The average Bonchev–Trinajstić information content (AvgIpc) is 2.57. The highest BCUT2D eigenvalue weighted by Gasteiger charge is 2.41. The number of ether oxygens (including phenoxy) is 1. The molecule has 1 N–H and O–H groups in total. The first-order valence-corrected chi connectivity index (χ1v) is 4.99. The van der Waals surface area contributed by atoms with Gasteiger partial charge in [0.15, 0.2) is 0 Å². The van der Waals surface area contributed by atoms with Crippen LogP contribution in [0.2, 0.25) is 0 Å². The predicted molar refractivity (Wildman–Crippen MR) is 56.3 cm³/mol. The standard InChI is InChI=1S/C12H14O3/c1-12(11(13)14)6-5-8-3-4-9(15-2)7-10(8)12/h3-4,7H,5-6H2,1-2H3,(H,13,14)/t12-/m0/s1. The minimum absolute atomic E-state index is 0.671. The molecule has 2 rings (SSSR count). The van der Waals surface area contributed by atoms with Crippen molar-refractivity contribution in [3.8, 4) is 5.75 Å². The van der Waals surface area contributed by atoms with Gasteiger partial charge in [-0.15, -0.1) is 0 Å². The van der Waals surface area contributed by atoms with Crippen LogP contribution < -0.4 is 4.74 Å². The number of carboxylic acids is 1. The minimum atomic E-state index is -0.755. The van der Waals surface area contributed by atoms with Gasteiger partial charge in [-0.25, -0.2) is 0 Å². The Morgan fingerprint density at radius 1 is 1.53 bits per heavy atom. The molecule has 3 heteroatoms. The highest BCUT2D eigenvalue weighted by molar-refractivity contribution is 5.82. The van der Waals surface area contributed by atoms with Crippen LogP contribution >= 0.6 is 0 Å². The SMILES string of the molecule is COc1ccc2c(c1)[C@@](C)(C(=O)O)CC2. The highest BCUT2D eigenvalue weighted by Crippen LogP contribution is 2.40. The zero-order valence-electron chi connectivity index (χ0n) is 8.91. The molecule has 0 saturated carbocycles. The number of benzene rings is 1. The van der Waals surface area contributed by atoms with Crippen molar-refractivity contribution in [2.24, 2.45) is 0 Å². The number of hydrogen-bond acceptors (Lipinski definition) is 2. The molecule has 0 radical (unpaired) electrons. The molecule has 3 nitrogen and oxygen atoms in total. The van der Waals surface area contributed by atoms with Gasteiger partial charge in [-0.05, 0) is 43.0 Å². The number of carbonyl (C=O) groups is 1. The van der Waals surface area contributed by atoms with E-state index in [4.69, 9.17) is 4.74 Å². The Morgan fingerprint density at radius 2 is 2.27 bits per heavy atom. The number of aliphatic carboxylic acids is 1. The van der Waals surface area contributed by atoms with Gasteiger partial charge in [0.1, 0.15) is 5.75 Å². The van der Waals surface area contributed by atoms with Crippen LogP contribution in [0.25, 0.3) is 0 Å². The maximum absolute atomic E-state index is 11.2. The zero-order chi connectivity index (χ0) is 11.1. The molecule has 1 atom stereocenters. The molecule has 0 aromatic heterocycles. The number of aryl methyl sites for hydroxylation is 1. The Bertz CT molecular complexity index is 411. The quantitative estimate of drug-likeness (QED) is 0.804. The van der Waals surface area contributed by atoms with Gasteiger partial charge in [-0.1, -0.05) is 6.07 Å². The van der Waals surface area contributed by atoms with Gasteiger partial charge >= 0.3 is 5.97 Å². The summed E-state index contributed by atoms with van der Waals surface area (Å²) >= 11 is 0. The third kappa shape index (κ3) is 1.39. The van der Waals surface area contributed by atoms with E-state index in [9.17, 15) is 9.90 Å².